The van der Waals surface area contributed by atoms with Crippen molar-refractivity contribution in [2.45, 2.75) is 33.7 Å². The highest BCUT2D eigenvalue weighted by molar-refractivity contribution is 5.81. The van der Waals surface area contributed by atoms with Crippen LogP contribution < -0.4 is 0 Å². The van der Waals surface area contributed by atoms with E-state index < -0.39 is 0 Å². The Morgan fingerprint density at radius 1 is 1.19 bits per heavy atom. The quantitative estimate of drug-likeness (QED) is 0.821. The SMILES string of the molecule is CCN1C[C@]2(CC1=O)CN(Cc1ccncc1)CCN(C(=O)C(C)C)C2. The fourth-order valence-corrected chi connectivity index (χ4v) is 4.27. The second kappa shape index (κ2) is 7.74. The van der Waals surface area contributed by atoms with Gasteiger partial charge < -0.3 is 9.80 Å². The van der Waals surface area contributed by atoms with Gasteiger partial charge in [0.15, 0.2) is 0 Å². The second-order valence-electron chi connectivity index (χ2n) is 8.07. The third-order valence-electron chi connectivity index (χ3n) is 5.52. The summed E-state index contributed by atoms with van der Waals surface area (Å²) in [4.78, 5) is 35.6. The molecule has 2 amide bonds. The fourth-order valence-electron chi connectivity index (χ4n) is 4.27. The number of carbonyl (C=O) groups excluding carboxylic acids is 2. The smallest absolute Gasteiger partial charge is 0.225 e. The minimum atomic E-state index is -0.166. The molecule has 6 nitrogen and oxygen atoms in total. The summed E-state index contributed by atoms with van der Waals surface area (Å²) in [7, 11) is 0. The minimum absolute atomic E-state index is 0.0156. The molecule has 3 rings (SSSR count). The van der Waals surface area contributed by atoms with Crippen molar-refractivity contribution in [3.05, 3.63) is 30.1 Å². The molecule has 0 radical (unpaired) electrons. The van der Waals surface area contributed by atoms with E-state index in [-0.39, 0.29) is 23.1 Å². The van der Waals surface area contributed by atoms with Crippen molar-refractivity contribution >= 4 is 11.8 Å². The number of amides is 2. The molecule has 26 heavy (non-hydrogen) atoms. The lowest BCUT2D eigenvalue weighted by Crippen LogP contribution is -2.45. The molecule has 2 saturated heterocycles. The molecule has 1 atom stereocenters. The predicted molar refractivity (Wildman–Crippen MR) is 100 cm³/mol. The highest BCUT2D eigenvalue weighted by atomic mass is 16.2. The van der Waals surface area contributed by atoms with Crippen molar-refractivity contribution < 1.29 is 9.59 Å². The Morgan fingerprint density at radius 3 is 2.54 bits per heavy atom. The first-order chi connectivity index (χ1) is 12.4. The topological polar surface area (TPSA) is 56.8 Å². The normalized spacial score (nSPS) is 24.5. The van der Waals surface area contributed by atoms with Gasteiger partial charge in [-0.3, -0.25) is 19.5 Å². The molecule has 0 N–H and O–H groups in total. The van der Waals surface area contributed by atoms with Crippen LogP contribution in [-0.4, -0.2) is 70.8 Å². The van der Waals surface area contributed by atoms with E-state index >= 15 is 0 Å². The lowest BCUT2D eigenvalue weighted by atomic mass is 9.85. The number of hydrogen-bond donors (Lipinski definition) is 0. The highest BCUT2D eigenvalue weighted by Gasteiger charge is 2.46. The van der Waals surface area contributed by atoms with Gasteiger partial charge in [0.1, 0.15) is 0 Å². The van der Waals surface area contributed by atoms with Crippen LogP contribution in [0.25, 0.3) is 0 Å². The number of aromatic nitrogens is 1. The lowest BCUT2D eigenvalue weighted by molar-refractivity contribution is -0.135. The standard InChI is InChI=1S/C20H30N4O2/c1-4-23-14-20(11-18(23)25)13-22(12-17-5-7-21-8-6-17)9-10-24(15-20)19(26)16(2)3/h5-8,16H,4,9-15H2,1-3H3/t20-/m0/s1. The van der Waals surface area contributed by atoms with Crippen LogP contribution in [0, 0.1) is 11.3 Å². The van der Waals surface area contributed by atoms with Crippen molar-refractivity contribution in [2.24, 2.45) is 11.3 Å². The van der Waals surface area contributed by atoms with Crippen molar-refractivity contribution in [2.75, 3.05) is 39.3 Å². The molecule has 2 aliphatic rings. The molecule has 0 aromatic carbocycles. The Morgan fingerprint density at radius 2 is 1.92 bits per heavy atom. The monoisotopic (exact) mass is 358 g/mol. The van der Waals surface area contributed by atoms with Crippen LogP contribution in [0.1, 0.15) is 32.8 Å². The van der Waals surface area contributed by atoms with Crippen molar-refractivity contribution in [3.8, 4) is 0 Å². The predicted octanol–water partition coefficient (Wildman–Crippen LogP) is 1.62. The van der Waals surface area contributed by atoms with Gasteiger partial charge in [0.2, 0.25) is 11.8 Å². The molecule has 2 fully saturated rings. The van der Waals surface area contributed by atoms with Gasteiger partial charge in [-0.1, -0.05) is 13.8 Å². The Labute approximate surface area is 156 Å². The average Bonchev–Trinajstić information content (AvgIpc) is 2.82. The van der Waals surface area contributed by atoms with Gasteiger partial charge in [0.25, 0.3) is 0 Å². The first-order valence-electron chi connectivity index (χ1n) is 9.60. The highest BCUT2D eigenvalue weighted by Crippen LogP contribution is 2.35. The average molecular weight is 358 g/mol. The van der Waals surface area contributed by atoms with Crippen LogP contribution in [0.15, 0.2) is 24.5 Å². The van der Waals surface area contributed by atoms with Crippen LogP contribution in [0.5, 0.6) is 0 Å². The molecule has 0 unspecified atom stereocenters. The third kappa shape index (κ3) is 4.06. The first kappa shape index (κ1) is 18.8. The van der Waals surface area contributed by atoms with Gasteiger partial charge in [-0.2, -0.15) is 0 Å². The fraction of sp³-hybridized carbons (Fsp3) is 0.650. The molecule has 142 valence electrons. The van der Waals surface area contributed by atoms with Gasteiger partial charge in [0, 0.05) is 76.0 Å². The van der Waals surface area contributed by atoms with Gasteiger partial charge in [0.05, 0.1) is 0 Å². The number of likely N-dealkylation sites (tertiary alicyclic amines) is 1. The molecule has 3 heterocycles. The number of nitrogens with zero attached hydrogens (tertiary/aromatic N) is 4. The molecule has 1 aromatic heterocycles. The molecular formula is C20H30N4O2. The van der Waals surface area contributed by atoms with Crippen molar-refractivity contribution in [1.82, 2.24) is 19.7 Å². The molecule has 1 spiro atoms. The molecule has 6 heteroatoms. The Kier molecular flexibility index (Phi) is 5.61. The number of pyridine rings is 1. The van der Waals surface area contributed by atoms with Crippen molar-refractivity contribution in [1.29, 1.82) is 0 Å². The number of rotatable bonds is 4. The van der Waals surface area contributed by atoms with E-state index in [2.05, 4.69) is 9.88 Å². The first-order valence-corrected chi connectivity index (χ1v) is 9.60. The zero-order chi connectivity index (χ0) is 18.7. The van der Waals surface area contributed by atoms with Crippen LogP contribution in [0.2, 0.25) is 0 Å². The Balaban J connectivity index is 1.82. The summed E-state index contributed by atoms with van der Waals surface area (Å²) in [6.07, 6.45) is 4.17. The molecule has 0 aliphatic carbocycles. The van der Waals surface area contributed by atoms with Crippen LogP contribution in [-0.2, 0) is 16.1 Å². The summed E-state index contributed by atoms with van der Waals surface area (Å²) >= 11 is 0. The lowest BCUT2D eigenvalue weighted by Gasteiger charge is -2.34. The summed E-state index contributed by atoms with van der Waals surface area (Å²) in [6.45, 7) is 11.3. The summed E-state index contributed by atoms with van der Waals surface area (Å²) < 4.78 is 0. The molecule has 0 bridgehead atoms. The summed E-state index contributed by atoms with van der Waals surface area (Å²) in [6, 6.07) is 4.07. The minimum Gasteiger partial charge on any atom is -0.342 e. The van der Waals surface area contributed by atoms with Gasteiger partial charge in [-0.15, -0.1) is 0 Å². The summed E-state index contributed by atoms with van der Waals surface area (Å²) in [5.41, 5.74) is 1.05. The van der Waals surface area contributed by atoms with Crippen molar-refractivity contribution in [3.63, 3.8) is 0 Å². The van der Waals surface area contributed by atoms with Crippen LogP contribution in [0.4, 0.5) is 0 Å². The van der Waals surface area contributed by atoms with E-state index in [9.17, 15) is 9.59 Å². The molecule has 0 saturated carbocycles. The van der Waals surface area contributed by atoms with E-state index in [0.29, 0.717) is 13.0 Å². The molecule has 1 aromatic rings. The molecular weight excluding hydrogens is 328 g/mol. The van der Waals surface area contributed by atoms with Crippen LogP contribution in [0.3, 0.4) is 0 Å². The number of carbonyl (C=O) groups is 2. The number of hydrogen-bond acceptors (Lipinski definition) is 4. The largest absolute Gasteiger partial charge is 0.342 e. The van der Waals surface area contributed by atoms with E-state index in [1.807, 2.05) is 55.1 Å². The molecule has 2 aliphatic heterocycles. The van der Waals surface area contributed by atoms with Gasteiger partial charge in [-0.25, -0.2) is 0 Å². The van der Waals surface area contributed by atoms with E-state index in [1.54, 1.807) is 0 Å². The zero-order valence-corrected chi connectivity index (χ0v) is 16.1. The third-order valence-corrected chi connectivity index (χ3v) is 5.52. The van der Waals surface area contributed by atoms with E-state index in [4.69, 9.17) is 0 Å². The van der Waals surface area contributed by atoms with E-state index in [0.717, 1.165) is 39.3 Å². The second-order valence-corrected chi connectivity index (χ2v) is 8.07. The Hall–Kier alpha value is -1.95. The zero-order valence-electron chi connectivity index (χ0n) is 16.1. The Bertz CT molecular complexity index is 648. The maximum absolute atomic E-state index is 12.7. The van der Waals surface area contributed by atoms with Gasteiger partial charge in [-0.05, 0) is 24.6 Å². The summed E-state index contributed by atoms with van der Waals surface area (Å²) in [5, 5.41) is 0. The van der Waals surface area contributed by atoms with Gasteiger partial charge >= 0.3 is 0 Å². The maximum atomic E-state index is 12.7. The maximum Gasteiger partial charge on any atom is 0.225 e. The summed E-state index contributed by atoms with van der Waals surface area (Å²) in [5.74, 6) is 0.394. The van der Waals surface area contributed by atoms with E-state index in [1.165, 1.54) is 5.56 Å². The van der Waals surface area contributed by atoms with Crippen LogP contribution >= 0.6 is 0 Å².